The van der Waals surface area contributed by atoms with Gasteiger partial charge < -0.3 is 4.74 Å². The highest BCUT2D eigenvalue weighted by Crippen LogP contribution is 2.34. The number of aromatic nitrogens is 2. The predicted molar refractivity (Wildman–Crippen MR) is 63.7 cm³/mol. The number of hydrogen-bond donors (Lipinski definition) is 0. The summed E-state index contributed by atoms with van der Waals surface area (Å²) in [5, 5.41) is 4.25. The summed E-state index contributed by atoms with van der Waals surface area (Å²) in [6.45, 7) is 2.10. The number of nitrogens with zero attached hydrogens (tertiary/aromatic N) is 2. The molecule has 2 atom stereocenters. The van der Waals surface area contributed by atoms with Gasteiger partial charge in [0.05, 0.1) is 24.1 Å². The summed E-state index contributed by atoms with van der Waals surface area (Å²) < 4.78 is 8.98. The maximum atomic E-state index is 5.95. The molecule has 0 aliphatic carbocycles. The quantitative estimate of drug-likeness (QED) is 0.620. The van der Waals surface area contributed by atoms with Gasteiger partial charge in [-0.1, -0.05) is 22.6 Å². The number of rotatable bonds is 2. The highest BCUT2D eigenvalue weighted by Gasteiger charge is 2.28. The molecule has 14 heavy (non-hydrogen) atoms. The smallest absolute Gasteiger partial charge is 0.0999 e. The van der Waals surface area contributed by atoms with Crippen molar-refractivity contribution in [2.24, 2.45) is 7.05 Å². The standard InChI is InChI=1S/C10H15IN2O/c1-7-6-12-13(2)10(7)9-4-3-8(5-11)14-9/h6,8-9H,3-5H2,1-2H3. The third-order valence-corrected chi connectivity index (χ3v) is 3.74. The minimum Gasteiger partial charge on any atom is -0.368 e. The second kappa shape index (κ2) is 4.18. The van der Waals surface area contributed by atoms with Crippen LogP contribution in [0.5, 0.6) is 0 Å². The minimum absolute atomic E-state index is 0.266. The van der Waals surface area contributed by atoms with Crippen LogP contribution in [0.1, 0.15) is 30.2 Å². The topological polar surface area (TPSA) is 27.1 Å². The van der Waals surface area contributed by atoms with E-state index >= 15 is 0 Å². The molecule has 0 radical (unpaired) electrons. The van der Waals surface area contributed by atoms with Crippen LogP contribution in [0, 0.1) is 6.92 Å². The summed E-state index contributed by atoms with van der Waals surface area (Å²) in [7, 11) is 1.99. The lowest BCUT2D eigenvalue weighted by Gasteiger charge is -2.13. The van der Waals surface area contributed by atoms with Gasteiger partial charge in [-0.2, -0.15) is 5.10 Å². The van der Waals surface area contributed by atoms with Crippen molar-refractivity contribution in [2.75, 3.05) is 4.43 Å². The molecule has 0 amide bonds. The lowest BCUT2D eigenvalue weighted by Crippen LogP contribution is -2.10. The molecule has 0 spiro atoms. The molecule has 4 heteroatoms. The van der Waals surface area contributed by atoms with Crippen molar-refractivity contribution < 1.29 is 4.74 Å². The van der Waals surface area contributed by atoms with Crippen LogP contribution in [0.15, 0.2) is 6.20 Å². The zero-order valence-corrected chi connectivity index (χ0v) is 10.7. The Kier molecular flexibility index (Phi) is 3.11. The number of halogens is 1. The Balaban J connectivity index is 2.17. The molecule has 0 N–H and O–H groups in total. The molecule has 1 saturated heterocycles. The van der Waals surface area contributed by atoms with Gasteiger partial charge in [0, 0.05) is 11.5 Å². The molecule has 1 aliphatic rings. The number of ether oxygens (including phenoxy) is 1. The van der Waals surface area contributed by atoms with Gasteiger partial charge in [0.15, 0.2) is 0 Å². The molecule has 2 heterocycles. The molecule has 78 valence electrons. The SMILES string of the molecule is Cc1cnn(C)c1C1CCC(CI)O1. The third-order valence-electron chi connectivity index (χ3n) is 2.76. The van der Waals surface area contributed by atoms with E-state index in [1.54, 1.807) is 0 Å². The molecule has 1 aromatic rings. The molecule has 2 unspecified atom stereocenters. The van der Waals surface area contributed by atoms with E-state index in [1.165, 1.54) is 17.7 Å². The summed E-state index contributed by atoms with van der Waals surface area (Å²) in [6.07, 6.45) is 4.93. The summed E-state index contributed by atoms with van der Waals surface area (Å²) >= 11 is 2.39. The Morgan fingerprint density at radius 1 is 1.64 bits per heavy atom. The van der Waals surface area contributed by atoms with Crippen molar-refractivity contribution in [3.8, 4) is 0 Å². The van der Waals surface area contributed by atoms with Crippen LogP contribution < -0.4 is 0 Å². The summed E-state index contributed by atoms with van der Waals surface area (Å²) in [6, 6.07) is 0. The van der Waals surface area contributed by atoms with Crippen LogP contribution in [-0.4, -0.2) is 20.3 Å². The van der Waals surface area contributed by atoms with E-state index in [1.807, 2.05) is 17.9 Å². The second-order valence-electron chi connectivity index (χ2n) is 3.81. The fraction of sp³-hybridized carbons (Fsp3) is 0.700. The van der Waals surface area contributed by atoms with E-state index in [2.05, 4.69) is 34.6 Å². The number of hydrogen-bond acceptors (Lipinski definition) is 2. The predicted octanol–water partition coefficient (Wildman–Crippen LogP) is 2.38. The minimum atomic E-state index is 0.266. The van der Waals surface area contributed by atoms with E-state index < -0.39 is 0 Å². The van der Waals surface area contributed by atoms with Gasteiger partial charge in [0.1, 0.15) is 0 Å². The molecule has 2 rings (SSSR count). The van der Waals surface area contributed by atoms with Crippen LogP contribution >= 0.6 is 22.6 Å². The lowest BCUT2D eigenvalue weighted by molar-refractivity contribution is 0.0545. The van der Waals surface area contributed by atoms with Gasteiger partial charge in [0.2, 0.25) is 0 Å². The van der Waals surface area contributed by atoms with Crippen LogP contribution in [0.25, 0.3) is 0 Å². The van der Waals surface area contributed by atoms with Crippen molar-refractivity contribution in [1.29, 1.82) is 0 Å². The fourth-order valence-corrected chi connectivity index (χ4v) is 2.69. The monoisotopic (exact) mass is 306 g/mol. The third kappa shape index (κ3) is 1.82. The zero-order chi connectivity index (χ0) is 10.1. The summed E-state index contributed by atoms with van der Waals surface area (Å²) in [4.78, 5) is 0. The van der Waals surface area contributed by atoms with E-state index in [0.717, 1.165) is 10.8 Å². The Labute approximate surface area is 98.0 Å². The highest BCUT2D eigenvalue weighted by molar-refractivity contribution is 14.1. The van der Waals surface area contributed by atoms with Crippen molar-refractivity contribution in [3.05, 3.63) is 17.5 Å². The first-order valence-electron chi connectivity index (χ1n) is 4.92. The Morgan fingerprint density at radius 2 is 2.43 bits per heavy atom. The molecule has 1 fully saturated rings. The maximum absolute atomic E-state index is 5.95. The Bertz CT molecular complexity index is 304. The molecule has 3 nitrogen and oxygen atoms in total. The number of alkyl halides is 1. The Hall–Kier alpha value is -0.100. The molecular formula is C10H15IN2O. The van der Waals surface area contributed by atoms with Crippen molar-refractivity contribution in [1.82, 2.24) is 9.78 Å². The van der Waals surface area contributed by atoms with Gasteiger partial charge in [-0.15, -0.1) is 0 Å². The van der Waals surface area contributed by atoms with Crippen LogP contribution in [-0.2, 0) is 11.8 Å². The average molecular weight is 306 g/mol. The fourth-order valence-electron chi connectivity index (χ4n) is 2.04. The molecule has 0 saturated carbocycles. The van der Waals surface area contributed by atoms with Crippen molar-refractivity contribution in [2.45, 2.75) is 32.0 Å². The first-order valence-corrected chi connectivity index (χ1v) is 6.45. The number of aryl methyl sites for hydroxylation is 2. The lowest BCUT2D eigenvalue weighted by atomic mass is 10.1. The second-order valence-corrected chi connectivity index (χ2v) is 4.70. The summed E-state index contributed by atoms with van der Waals surface area (Å²) in [5.74, 6) is 0. The van der Waals surface area contributed by atoms with Gasteiger partial charge in [-0.25, -0.2) is 0 Å². The normalized spacial score (nSPS) is 27.1. The molecule has 0 bridgehead atoms. The average Bonchev–Trinajstić information content (AvgIpc) is 2.73. The van der Waals surface area contributed by atoms with Gasteiger partial charge in [-0.3, -0.25) is 4.68 Å². The maximum Gasteiger partial charge on any atom is 0.0999 e. The highest BCUT2D eigenvalue weighted by atomic mass is 127. The molecule has 1 aromatic heterocycles. The van der Waals surface area contributed by atoms with E-state index in [-0.39, 0.29) is 6.10 Å². The first-order chi connectivity index (χ1) is 6.72. The van der Waals surface area contributed by atoms with E-state index in [0.29, 0.717) is 6.10 Å². The first kappa shape index (κ1) is 10.4. The van der Waals surface area contributed by atoms with E-state index in [9.17, 15) is 0 Å². The molecular weight excluding hydrogens is 291 g/mol. The van der Waals surface area contributed by atoms with Crippen LogP contribution in [0.3, 0.4) is 0 Å². The van der Waals surface area contributed by atoms with Crippen molar-refractivity contribution >= 4 is 22.6 Å². The molecule has 1 aliphatic heterocycles. The van der Waals surface area contributed by atoms with Crippen LogP contribution in [0.4, 0.5) is 0 Å². The van der Waals surface area contributed by atoms with Gasteiger partial charge >= 0.3 is 0 Å². The zero-order valence-electron chi connectivity index (χ0n) is 8.53. The van der Waals surface area contributed by atoms with Gasteiger partial charge in [-0.05, 0) is 25.3 Å². The van der Waals surface area contributed by atoms with E-state index in [4.69, 9.17) is 4.74 Å². The van der Waals surface area contributed by atoms with Gasteiger partial charge in [0.25, 0.3) is 0 Å². The largest absolute Gasteiger partial charge is 0.368 e. The Morgan fingerprint density at radius 3 is 2.93 bits per heavy atom. The summed E-state index contributed by atoms with van der Waals surface area (Å²) in [5.41, 5.74) is 2.49. The molecule has 0 aromatic carbocycles. The van der Waals surface area contributed by atoms with Crippen LogP contribution in [0.2, 0.25) is 0 Å². The van der Waals surface area contributed by atoms with Crippen molar-refractivity contribution in [3.63, 3.8) is 0 Å².